The van der Waals surface area contributed by atoms with Crippen molar-refractivity contribution in [3.8, 4) is 5.75 Å². The molecule has 1 spiro atoms. The number of aliphatic hydroxyl groups is 1. The van der Waals surface area contributed by atoms with E-state index in [-0.39, 0.29) is 34.2 Å². The van der Waals surface area contributed by atoms with Gasteiger partial charge in [0.25, 0.3) is 0 Å². The number of hydrogen-bond donors (Lipinski definition) is 1. The zero-order valence-corrected chi connectivity index (χ0v) is 30.3. The first-order valence-corrected chi connectivity index (χ1v) is 19.8. The van der Waals surface area contributed by atoms with Crippen LogP contribution in [0.3, 0.4) is 0 Å². The van der Waals surface area contributed by atoms with Crippen LogP contribution in [0.15, 0.2) is 72.2 Å². The predicted octanol–water partition coefficient (Wildman–Crippen LogP) is 6.61. The van der Waals surface area contributed by atoms with Crippen LogP contribution >= 0.6 is 11.6 Å². The SMILES string of the molecule is COC(=O)c1ccc2c(c1)N(C[C@@H]1CC[C@H]1C(O)/C=C/[C@H]1CCC[C@H](S(=O)(=O)c3ncccn3)[C@@H]1C)C[C@@]1(CCCc3cc(Cl)ccc31)CO2. The average Bonchev–Trinajstić information content (AvgIpc) is 3.26. The van der Waals surface area contributed by atoms with Crippen LogP contribution in [0.25, 0.3) is 0 Å². The van der Waals surface area contributed by atoms with Gasteiger partial charge in [0.1, 0.15) is 5.75 Å². The van der Waals surface area contributed by atoms with Crippen LogP contribution in [0, 0.1) is 23.7 Å². The molecule has 7 rings (SSSR count). The van der Waals surface area contributed by atoms with E-state index in [1.165, 1.54) is 30.6 Å². The minimum Gasteiger partial charge on any atom is -0.490 e. The molecule has 3 aromatic rings. The molecule has 0 saturated heterocycles. The molecule has 9 nitrogen and oxygen atoms in total. The lowest BCUT2D eigenvalue weighted by atomic mass is 9.68. The first-order valence-electron chi connectivity index (χ1n) is 17.9. The summed E-state index contributed by atoms with van der Waals surface area (Å²) in [6.45, 7) is 3.94. The minimum atomic E-state index is -3.66. The standard InChI is InChI=1S/C39H46ClN3O6S/c1-25-26(6-3-8-36(25)50(46,47)38-41-18-5-19-42-38)10-15-34(44)31-13-9-29(31)22-43-23-39(17-4-7-27-20-30(40)12-14-32(27)39)24-49-35-16-11-28(21-33(35)43)37(45)48-2/h5,10-12,14-16,18-21,25-26,29,31,34,36,44H,3-4,6-9,13,17,22-24H2,1-2H3/b15-10+/t25-,26-,29+,31-,34?,36+,39+/m1/s1. The Morgan fingerprint density at radius 2 is 1.96 bits per heavy atom. The number of esters is 1. The van der Waals surface area contributed by atoms with Crippen LogP contribution in [-0.4, -0.2) is 67.6 Å². The van der Waals surface area contributed by atoms with Crippen molar-refractivity contribution in [2.45, 2.75) is 80.2 Å². The summed E-state index contributed by atoms with van der Waals surface area (Å²) in [4.78, 5) is 23.1. The molecule has 7 atom stereocenters. The van der Waals surface area contributed by atoms with Crippen molar-refractivity contribution >= 4 is 33.1 Å². The Kier molecular flexibility index (Phi) is 9.98. The number of methoxy groups -OCH3 is 1. The summed E-state index contributed by atoms with van der Waals surface area (Å²) in [5, 5.41) is 11.6. The molecule has 2 fully saturated rings. The molecule has 1 unspecified atom stereocenters. The molecule has 4 aliphatic rings. The van der Waals surface area contributed by atoms with E-state index in [4.69, 9.17) is 21.1 Å². The summed E-state index contributed by atoms with van der Waals surface area (Å²) >= 11 is 6.43. The smallest absolute Gasteiger partial charge is 0.337 e. The fourth-order valence-corrected chi connectivity index (χ4v) is 11.1. The van der Waals surface area contributed by atoms with E-state index in [9.17, 15) is 18.3 Å². The van der Waals surface area contributed by atoms with Crippen LogP contribution in [0.4, 0.5) is 5.69 Å². The van der Waals surface area contributed by atoms with E-state index in [2.05, 4.69) is 33.1 Å². The zero-order valence-electron chi connectivity index (χ0n) is 28.7. The maximum atomic E-state index is 13.4. The number of nitrogens with zero attached hydrogens (tertiary/aromatic N) is 3. The van der Waals surface area contributed by atoms with Gasteiger partial charge < -0.3 is 19.5 Å². The molecule has 0 amide bonds. The normalized spacial score (nSPS) is 28.6. The van der Waals surface area contributed by atoms with Crippen molar-refractivity contribution in [3.05, 3.63) is 88.7 Å². The molecule has 1 aromatic heterocycles. The number of anilines is 1. The molecule has 2 saturated carbocycles. The fraction of sp³-hybridized carbons (Fsp3) is 0.513. The van der Waals surface area contributed by atoms with Crippen molar-refractivity contribution in [1.82, 2.24) is 9.97 Å². The number of fused-ring (bicyclic) bond motifs is 3. The second kappa shape index (κ2) is 14.3. The van der Waals surface area contributed by atoms with Gasteiger partial charge in [-0.3, -0.25) is 0 Å². The average molecular weight is 720 g/mol. The van der Waals surface area contributed by atoms with Gasteiger partial charge >= 0.3 is 5.97 Å². The Morgan fingerprint density at radius 1 is 1.14 bits per heavy atom. The molecule has 2 heterocycles. The molecular formula is C39H46ClN3O6S. The number of sulfone groups is 1. The lowest BCUT2D eigenvalue weighted by Crippen LogP contribution is -2.49. The van der Waals surface area contributed by atoms with Crippen molar-refractivity contribution < 1.29 is 27.8 Å². The molecule has 2 aromatic carbocycles. The van der Waals surface area contributed by atoms with Gasteiger partial charge in [0.05, 0.1) is 36.3 Å². The number of benzene rings is 2. The summed E-state index contributed by atoms with van der Waals surface area (Å²) in [6, 6.07) is 13.3. The second-order valence-corrected chi connectivity index (χ2v) is 17.2. The van der Waals surface area contributed by atoms with Crippen molar-refractivity contribution in [2.75, 3.05) is 31.7 Å². The largest absolute Gasteiger partial charge is 0.490 e. The van der Waals surface area contributed by atoms with Gasteiger partial charge in [0.15, 0.2) is 0 Å². The third-order valence-corrected chi connectivity index (χ3v) is 14.3. The van der Waals surface area contributed by atoms with Gasteiger partial charge in [-0.15, -0.1) is 0 Å². The van der Waals surface area contributed by atoms with Crippen LogP contribution in [0.5, 0.6) is 5.75 Å². The number of aromatic nitrogens is 2. The Bertz CT molecular complexity index is 1860. The summed E-state index contributed by atoms with van der Waals surface area (Å²) in [5.41, 5.74) is 3.62. The number of aryl methyl sites for hydroxylation is 1. The van der Waals surface area contributed by atoms with Crippen molar-refractivity contribution in [1.29, 1.82) is 0 Å². The van der Waals surface area contributed by atoms with Crippen LogP contribution < -0.4 is 9.64 Å². The van der Waals surface area contributed by atoms with Gasteiger partial charge in [-0.05, 0) is 116 Å². The fourth-order valence-electron chi connectivity index (χ4n) is 8.95. The first-order chi connectivity index (χ1) is 24.1. The highest BCUT2D eigenvalue weighted by Gasteiger charge is 2.45. The third kappa shape index (κ3) is 6.66. The number of allylic oxidation sites excluding steroid dienone is 1. The topological polar surface area (TPSA) is 119 Å². The molecule has 11 heteroatoms. The molecule has 3 aliphatic carbocycles. The van der Waals surface area contributed by atoms with E-state index in [0.29, 0.717) is 25.1 Å². The van der Waals surface area contributed by atoms with E-state index in [1.807, 2.05) is 31.2 Å². The highest BCUT2D eigenvalue weighted by molar-refractivity contribution is 7.91. The van der Waals surface area contributed by atoms with Crippen LogP contribution in [0.1, 0.15) is 73.4 Å². The maximum Gasteiger partial charge on any atom is 0.337 e. The quantitative estimate of drug-likeness (QED) is 0.156. The molecule has 1 N–H and O–H groups in total. The summed E-state index contributed by atoms with van der Waals surface area (Å²) in [5.74, 6) is 0.539. The third-order valence-electron chi connectivity index (χ3n) is 11.9. The Balaban J connectivity index is 1.11. The summed E-state index contributed by atoms with van der Waals surface area (Å²) in [7, 11) is -2.27. The Hall–Kier alpha value is -3.47. The molecule has 1 aliphatic heterocycles. The Morgan fingerprint density at radius 3 is 2.72 bits per heavy atom. The van der Waals surface area contributed by atoms with Crippen molar-refractivity contribution in [3.63, 3.8) is 0 Å². The molecular weight excluding hydrogens is 674 g/mol. The monoisotopic (exact) mass is 719 g/mol. The number of hydrogen-bond acceptors (Lipinski definition) is 9. The summed E-state index contributed by atoms with van der Waals surface area (Å²) in [6.07, 6.45) is 13.4. The number of carbonyl (C=O) groups is 1. The number of rotatable bonds is 8. The highest BCUT2D eigenvalue weighted by Crippen LogP contribution is 2.47. The molecule has 0 radical (unpaired) electrons. The van der Waals surface area contributed by atoms with Crippen LogP contribution in [0.2, 0.25) is 5.02 Å². The van der Waals surface area contributed by atoms with E-state index in [1.54, 1.807) is 12.1 Å². The first kappa shape index (κ1) is 35.0. The number of halogens is 1. The van der Waals surface area contributed by atoms with Crippen molar-refractivity contribution in [2.24, 2.45) is 23.7 Å². The lowest BCUT2D eigenvalue weighted by Gasteiger charge is -2.45. The zero-order chi connectivity index (χ0) is 35.0. The van der Waals surface area contributed by atoms with E-state index >= 15 is 0 Å². The van der Waals surface area contributed by atoms with Gasteiger partial charge in [-0.2, -0.15) is 0 Å². The number of aliphatic hydroxyl groups excluding tert-OH is 1. The number of ether oxygens (including phenoxy) is 2. The van der Waals surface area contributed by atoms with E-state index in [0.717, 1.165) is 68.0 Å². The maximum absolute atomic E-state index is 13.4. The van der Waals surface area contributed by atoms with Gasteiger partial charge in [-0.25, -0.2) is 23.2 Å². The summed E-state index contributed by atoms with van der Waals surface area (Å²) < 4.78 is 38.5. The minimum absolute atomic E-state index is 0.0338. The van der Waals surface area contributed by atoms with Gasteiger partial charge in [0.2, 0.25) is 15.0 Å². The number of carbonyl (C=O) groups excluding carboxylic acids is 1. The highest BCUT2D eigenvalue weighted by atomic mass is 35.5. The van der Waals surface area contributed by atoms with Crippen LogP contribution in [-0.2, 0) is 26.4 Å². The molecule has 266 valence electrons. The molecule has 50 heavy (non-hydrogen) atoms. The predicted molar refractivity (Wildman–Crippen MR) is 192 cm³/mol. The molecule has 0 bridgehead atoms. The second-order valence-electron chi connectivity index (χ2n) is 14.7. The van der Waals surface area contributed by atoms with Gasteiger partial charge in [-0.1, -0.05) is 43.2 Å². The Labute approximate surface area is 300 Å². The van der Waals surface area contributed by atoms with Gasteiger partial charge in [0, 0.05) is 35.9 Å². The van der Waals surface area contributed by atoms with E-state index < -0.39 is 27.2 Å². The lowest BCUT2D eigenvalue weighted by molar-refractivity contribution is 0.0452.